The molecule has 2 aromatic rings. The highest BCUT2D eigenvalue weighted by atomic mass is 35.5. The largest absolute Gasteiger partial charge is 0.483 e. The Balaban J connectivity index is 1.54. The number of hydrogen-bond acceptors (Lipinski definition) is 7. The number of nitro groups is 1. The number of benzene rings is 2. The van der Waals surface area contributed by atoms with Crippen molar-refractivity contribution in [1.82, 2.24) is 5.43 Å². The van der Waals surface area contributed by atoms with E-state index in [0.29, 0.717) is 22.1 Å². The van der Waals surface area contributed by atoms with Gasteiger partial charge in [0.1, 0.15) is 5.75 Å². The molecule has 0 aliphatic carbocycles. The summed E-state index contributed by atoms with van der Waals surface area (Å²) in [7, 11) is 0. The Morgan fingerprint density at radius 2 is 2.12 bits per heavy atom. The highest BCUT2D eigenvalue weighted by Crippen LogP contribution is 2.36. The number of carbonyl (C=O) groups is 1. The van der Waals surface area contributed by atoms with Gasteiger partial charge in [-0.05, 0) is 12.1 Å². The fourth-order valence-electron chi connectivity index (χ4n) is 2.07. The van der Waals surface area contributed by atoms with Crippen LogP contribution < -0.4 is 19.6 Å². The third kappa shape index (κ3) is 4.19. The summed E-state index contributed by atoms with van der Waals surface area (Å²) < 4.78 is 15.6. The van der Waals surface area contributed by atoms with E-state index in [2.05, 4.69) is 10.5 Å². The number of nitrogens with zero attached hydrogens (tertiary/aromatic N) is 2. The molecule has 1 aliphatic rings. The van der Waals surface area contributed by atoms with Crippen molar-refractivity contribution in [2.75, 3.05) is 13.4 Å². The van der Waals surface area contributed by atoms with E-state index < -0.39 is 10.8 Å². The molecule has 1 heterocycles. The molecule has 0 atom stereocenters. The lowest BCUT2D eigenvalue weighted by Gasteiger charge is -2.05. The van der Waals surface area contributed by atoms with Crippen molar-refractivity contribution in [3.63, 3.8) is 0 Å². The van der Waals surface area contributed by atoms with Gasteiger partial charge in [0.05, 0.1) is 22.2 Å². The van der Waals surface area contributed by atoms with Crippen LogP contribution in [0, 0.1) is 10.1 Å². The second kappa shape index (κ2) is 7.70. The summed E-state index contributed by atoms with van der Waals surface area (Å²) in [4.78, 5) is 21.9. The number of non-ortho nitro benzene ring substituents is 1. The Morgan fingerprint density at radius 1 is 1.35 bits per heavy atom. The van der Waals surface area contributed by atoms with E-state index in [-0.39, 0.29) is 24.8 Å². The predicted octanol–water partition coefficient (Wildman–Crippen LogP) is 2.51. The van der Waals surface area contributed by atoms with Crippen molar-refractivity contribution < 1.29 is 23.9 Å². The molecule has 10 heteroatoms. The van der Waals surface area contributed by atoms with Crippen molar-refractivity contribution >= 4 is 29.4 Å². The maximum Gasteiger partial charge on any atom is 0.277 e. The topological polar surface area (TPSA) is 112 Å². The Morgan fingerprint density at radius 3 is 2.88 bits per heavy atom. The van der Waals surface area contributed by atoms with Crippen molar-refractivity contribution in [3.05, 3.63) is 57.1 Å². The Kier molecular flexibility index (Phi) is 5.18. The monoisotopic (exact) mass is 377 g/mol. The molecule has 0 bridgehead atoms. The Labute approximate surface area is 152 Å². The van der Waals surface area contributed by atoms with E-state index in [9.17, 15) is 14.9 Å². The minimum absolute atomic E-state index is 0.123. The number of hydrazone groups is 1. The molecule has 0 radical (unpaired) electrons. The Bertz CT molecular complexity index is 886. The molecular formula is C16H12ClN3O6. The molecule has 0 aromatic heterocycles. The van der Waals surface area contributed by atoms with Crippen LogP contribution in [0.1, 0.15) is 5.56 Å². The quantitative estimate of drug-likeness (QED) is 0.470. The van der Waals surface area contributed by atoms with Gasteiger partial charge >= 0.3 is 0 Å². The SMILES string of the molecule is O=C(COc1cccc([N+](=O)[O-])c1)NN=Cc1cc2c(cc1Cl)OCO2. The summed E-state index contributed by atoms with van der Waals surface area (Å²) in [6.07, 6.45) is 1.36. The number of rotatable bonds is 6. The standard InChI is InChI=1S/C16H12ClN3O6/c17-13-6-15-14(25-9-26-15)4-10(13)7-18-19-16(21)8-24-12-3-1-2-11(5-12)20(22)23/h1-7H,8-9H2,(H,19,21). The van der Waals surface area contributed by atoms with Crippen LogP contribution in [0.4, 0.5) is 5.69 Å². The predicted molar refractivity (Wildman–Crippen MR) is 91.9 cm³/mol. The number of nitro benzene ring substituents is 1. The first-order chi connectivity index (χ1) is 12.5. The number of fused-ring (bicyclic) bond motifs is 1. The number of halogens is 1. The zero-order valence-electron chi connectivity index (χ0n) is 13.2. The lowest BCUT2D eigenvalue weighted by atomic mass is 10.2. The van der Waals surface area contributed by atoms with Crippen LogP contribution in [0.3, 0.4) is 0 Å². The van der Waals surface area contributed by atoms with Gasteiger partial charge in [0, 0.05) is 17.7 Å². The van der Waals surface area contributed by atoms with Crippen LogP contribution in [0.15, 0.2) is 41.5 Å². The number of hydrogen-bond donors (Lipinski definition) is 1. The van der Waals surface area contributed by atoms with Gasteiger partial charge in [0.2, 0.25) is 6.79 Å². The molecule has 1 aliphatic heterocycles. The van der Waals surface area contributed by atoms with E-state index in [4.69, 9.17) is 25.8 Å². The van der Waals surface area contributed by atoms with Gasteiger partial charge in [-0.3, -0.25) is 14.9 Å². The summed E-state index contributed by atoms with van der Waals surface area (Å²) >= 11 is 6.09. The highest BCUT2D eigenvalue weighted by molar-refractivity contribution is 6.33. The van der Waals surface area contributed by atoms with Gasteiger partial charge < -0.3 is 14.2 Å². The molecule has 0 spiro atoms. The van der Waals surface area contributed by atoms with E-state index >= 15 is 0 Å². The molecule has 2 aromatic carbocycles. The zero-order chi connectivity index (χ0) is 18.5. The fourth-order valence-corrected chi connectivity index (χ4v) is 2.28. The summed E-state index contributed by atoms with van der Waals surface area (Å²) in [5.41, 5.74) is 2.69. The third-order valence-corrected chi connectivity index (χ3v) is 3.61. The van der Waals surface area contributed by atoms with Gasteiger partial charge in [-0.15, -0.1) is 0 Å². The number of carbonyl (C=O) groups excluding carboxylic acids is 1. The van der Waals surface area contributed by atoms with E-state index in [1.54, 1.807) is 12.1 Å². The molecule has 26 heavy (non-hydrogen) atoms. The van der Waals surface area contributed by atoms with E-state index in [1.807, 2.05) is 0 Å². The highest BCUT2D eigenvalue weighted by Gasteiger charge is 2.15. The van der Waals surface area contributed by atoms with Crippen LogP contribution in [0.5, 0.6) is 17.2 Å². The molecule has 0 fully saturated rings. The van der Waals surface area contributed by atoms with Crippen LogP contribution in [-0.4, -0.2) is 30.4 Å². The van der Waals surface area contributed by atoms with Crippen molar-refractivity contribution in [2.24, 2.45) is 5.10 Å². The van der Waals surface area contributed by atoms with Gasteiger partial charge in [0.25, 0.3) is 11.6 Å². The van der Waals surface area contributed by atoms with Gasteiger partial charge in [0.15, 0.2) is 18.1 Å². The Hall–Kier alpha value is -3.33. The maximum absolute atomic E-state index is 11.7. The van der Waals surface area contributed by atoms with Gasteiger partial charge in [-0.1, -0.05) is 17.7 Å². The zero-order valence-corrected chi connectivity index (χ0v) is 13.9. The normalized spacial score (nSPS) is 12.2. The molecular weight excluding hydrogens is 366 g/mol. The molecule has 3 rings (SSSR count). The van der Waals surface area contributed by atoms with Crippen molar-refractivity contribution in [2.45, 2.75) is 0 Å². The van der Waals surface area contributed by atoms with Crippen LogP contribution >= 0.6 is 11.6 Å². The third-order valence-electron chi connectivity index (χ3n) is 3.28. The van der Waals surface area contributed by atoms with Crippen LogP contribution in [0.25, 0.3) is 0 Å². The average molecular weight is 378 g/mol. The molecule has 9 nitrogen and oxygen atoms in total. The van der Waals surface area contributed by atoms with Crippen molar-refractivity contribution in [1.29, 1.82) is 0 Å². The fraction of sp³-hybridized carbons (Fsp3) is 0.125. The number of amides is 1. The molecule has 134 valence electrons. The lowest BCUT2D eigenvalue weighted by Crippen LogP contribution is -2.24. The summed E-state index contributed by atoms with van der Waals surface area (Å²) in [5, 5.41) is 14.9. The smallest absolute Gasteiger partial charge is 0.277 e. The van der Waals surface area contributed by atoms with E-state index in [1.165, 1.54) is 30.5 Å². The van der Waals surface area contributed by atoms with Crippen molar-refractivity contribution in [3.8, 4) is 17.2 Å². The van der Waals surface area contributed by atoms with Gasteiger partial charge in [-0.2, -0.15) is 5.10 Å². The first kappa shape index (κ1) is 17.5. The molecule has 0 saturated heterocycles. The first-order valence-corrected chi connectivity index (χ1v) is 7.69. The second-order valence-electron chi connectivity index (χ2n) is 5.06. The average Bonchev–Trinajstić information content (AvgIpc) is 3.07. The minimum atomic E-state index is -0.549. The molecule has 1 amide bonds. The maximum atomic E-state index is 11.7. The lowest BCUT2D eigenvalue weighted by molar-refractivity contribution is -0.384. The summed E-state index contributed by atoms with van der Waals surface area (Å²) in [5.74, 6) is 0.750. The molecule has 0 saturated carbocycles. The summed E-state index contributed by atoms with van der Waals surface area (Å²) in [6.45, 7) is -0.231. The summed E-state index contributed by atoms with van der Waals surface area (Å²) in [6, 6.07) is 8.76. The van der Waals surface area contributed by atoms with Gasteiger partial charge in [-0.25, -0.2) is 5.43 Å². The first-order valence-electron chi connectivity index (χ1n) is 7.31. The molecule has 0 unspecified atom stereocenters. The number of ether oxygens (including phenoxy) is 3. The van der Waals surface area contributed by atoms with Crippen LogP contribution in [0.2, 0.25) is 5.02 Å². The second-order valence-corrected chi connectivity index (χ2v) is 5.47. The number of nitrogens with one attached hydrogen (secondary N) is 1. The molecule has 1 N–H and O–H groups in total. The van der Waals surface area contributed by atoms with Crippen LogP contribution in [-0.2, 0) is 4.79 Å². The van der Waals surface area contributed by atoms with E-state index in [0.717, 1.165) is 0 Å². The minimum Gasteiger partial charge on any atom is -0.483 e.